The van der Waals surface area contributed by atoms with Crippen molar-refractivity contribution in [1.29, 1.82) is 0 Å². The fraction of sp³-hybridized carbons (Fsp3) is 0.118. The lowest BCUT2D eigenvalue weighted by atomic mass is 10.1. The molecule has 0 spiro atoms. The van der Waals surface area contributed by atoms with Crippen LogP contribution in [0.3, 0.4) is 0 Å². The van der Waals surface area contributed by atoms with Gasteiger partial charge in [0.05, 0.1) is 6.33 Å². The molecule has 3 rings (SSSR count). The number of allylic oxidation sites excluding steroid dienone is 1. The molecule has 19 heavy (non-hydrogen) atoms. The third kappa shape index (κ3) is 2.91. The van der Waals surface area contributed by atoms with Crippen molar-refractivity contribution in [2.45, 2.75) is 13.0 Å². The highest BCUT2D eigenvalue weighted by molar-refractivity contribution is 5.84. The molecule has 0 aliphatic rings. The maximum atomic E-state index is 4.03. The van der Waals surface area contributed by atoms with Crippen LogP contribution in [0.15, 0.2) is 67.3 Å². The highest BCUT2D eigenvalue weighted by Gasteiger charge is 1.92. The summed E-state index contributed by atoms with van der Waals surface area (Å²) in [6.45, 7) is 0.976. The Hall–Kier alpha value is -2.35. The molecule has 0 N–H and O–H groups in total. The Bertz CT molecular complexity index is 681. The Morgan fingerprint density at radius 2 is 1.95 bits per heavy atom. The molecule has 3 aromatic rings. The van der Waals surface area contributed by atoms with Crippen LogP contribution in [-0.4, -0.2) is 9.55 Å². The third-order valence-corrected chi connectivity index (χ3v) is 3.20. The van der Waals surface area contributed by atoms with Crippen LogP contribution in [0.4, 0.5) is 0 Å². The molecule has 0 aliphatic carbocycles. The van der Waals surface area contributed by atoms with Crippen LogP contribution in [0.25, 0.3) is 16.8 Å². The summed E-state index contributed by atoms with van der Waals surface area (Å²) < 4.78 is 2.09. The first kappa shape index (κ1) is 11.7. The molecule has 0 saturated heterocycles. The van der Waals surface area contributed by atoms with E-state index in [2.05, 4.69) is 64.2 Å². The monoisotopic (exact) mass is 248 g/mol. The first-order chi connectivity index (χ1) is 9.42. The summed E-state index contributed by atoms with van der Waals surface area (Å²) in [7, 11) is 0. The van der Waals surface area contributed by atoms with E-state index in [0.29, 0.717) is 0 Å². The molecule has 2 heteroatoms. The smallest absolute Gasteiger partial charge is 0.0946 e. The standard InChI is InChI=1S/C17H16N2/c1-2-7-17-13-15(8-9-16(17)6-1)5-3-4-11-19-12-10-18-14-19/h1-3,5-10,12-14H,4,11H2/b5-3+. The van der Waals surface area contributed by atoms with Gasteiger partial charge in [-0.3, -0.25) is 0 Å². The molecule has 94 valence electrons. The maximum absolute atomic E-state index is 4.03. The highest BCUT2D eigenvalue weighted by atomic mass is 15.0. The third-order valence-electron chi connectivity index (χ3n) is 3.20. The zero-order valence-corrected chi connectivity index (χ0v) is 10.7. The second-order valence-corrected chi connectivity index (χ2v) is 4.60. The van der Waals surface area contributed by atoms with Crippen LogP contribution in [0.5, 0.6) is 0 Å². The summed E-state index contributed by atoms with van der Waals surface area (Å²) in [4.78, 5) is 4.03. The fourth-order valence-electron chi connectivity index (χ4n) is 2.17. The van der Waals surface area contributed by atoms with Gasteiger partial charge in [0.1, 0.15) is 0 Å². The SMILES string of the molecule is C(=C\c1ccc2ccccc2c1)/CCn1ccnc1. The van der Waals surface area contributed by atoms with Gasteiger partial charge < -0.3 is 4.57 Å². The van der Waals surface area contributed by atoms with Gasteiger partial charge in [-0.25, -0.2) is 4.98 Å². The summed E-state index contributed by atoms with van der Waals surface area (Å²) in [6, 6.07) is 15.0. The largest absolute Gasteiger partial charge is 0.337 e. The summed E-state index contributed by atoms with van der Waals surface area (Å²) in [5.74, 6) is 0. The number of rotatable bonds is 4. The van der Waals surface area contributed by atoms with Gasteiger partial charge in [0.15, 0.2) is 0 Å². The van der Waals surface area contributed by atoms with Crippen molar-refractivity contribution in [3.63, 3.8) is 0 Å². The summed E-state index contributed by atoms with van der Waals surface area (Å²) in [5.41, 5.74) is 1.25. The second kappa shape index (κ2) is 5.53. The minimum absolute atomic E-state index is 0.976. The molecule has 0 aliphatic heterocycles. The van der Waals surface area contributed by atoms with E-state index >= 15 is 0 Å². The van der Waals surface area contributed by atoms with Gasteiger partial charge in [0.2, 0.25) is 0 Å². The lowest BCUT2D eigenvalue weighted by Gasteiger charge is -2.00. The molecule has 1 heterocycles. The Labute approximate surface area is 113 Å². The van der Waals surface area contributed by atoms with E-state index in [9.17, 15) is 0 Å². The zero-order chi connectivity index (χ0) is 12.9. The van der Waals surface area contributed by atoms with E-state index in [1.54, 1.807) is 0 Å². The predicted molar refractivity (Wildman–Crippen MR) is 79.8 cm³/mol. The average Bonchev–Trinajstić information content (AvgIpc) is 2.97. The molecule has 1 aromatic heterocycles. The first-order valence-corrected chi connectivity index (χ1v) is 6.53. The molecule has 0 fully saturated rings. The number of hydrogen-bond acceptors (Lipinski definition) is 1. The Balaban J connectivity index is 1.67. The van der Waals surface area contributed by atoms with Crippen molar-refractivity contribution in [1.82, 2.24) is 9.55 Å². The van der Waals surface area contributed by atoms with Crippen molar-refractivity contribution in [2.24, 2.45) is 0 Å². The second-order valence-electron chi connectivity index (χ2n) is 4.60. The van der Waals surface area contributed by atoms with E-state index in [0.717, 1.165) is 13.0 Å². The van der Waals surface area contributed by atoms with Crippen LogP contribution in [0.2, 0.25) is 0 Å². The minimum atomic E-state index is 0.976. The van der Waals surface area contributed by atoms with E-state index in [-0.39, 0.29) is 0 Å². The number of fused-ring (bicyclic) bond motifs is 1. The number of nitrogens with zero attached hydrogens (tertiary/aromatic N) is 2. The summed E-state index contributed by atoms with van der Waals surface area (Å²) >= 11 is 0. The average molecular weight is 248 g/mol. The highest BCUT2D eigenvalue weighted by Crippen LogP contribution is 2.16. The van der Waals surface area contributed by atoms with Gasteiger partial charge >= 0.3 is 0 Å². The molecular weight excluding hydrogens is 232 g/mol. The molecule has 0 bridgehead atoms. The van der Waals surface area contributed by atoms with E-state index in [1.165, 1.54) is 16.3 Å². The van der Waals surface area contributed by atoms with Crippen LogP contribution < -0.4 is 0 Å². The predicted octanol–water partition coefficient (Wildman–Crippen LogP) is 4.14. The normalized spacial score (nSPS) is 11.4. The van der Waals surface area contributed by atoms with Crippen LogP contribution in [0, 0.1) is 0 Å². The lowest BCUT2D eigenvalue weighted by Crippen LogP contribution is -1.91. The van der Waals surface area contributed by atoms with Crippen molar-refractivity contribution in [3.8, 4) is 0 Å². The van der Waals surface area contributed by atoms with Gasteiger partial charge in [-0.1, -0.05) is 48.6 Å². The van der Waals surface area contributed by atoms with Crippen molar-refractivity contribution < 1.29 is 0 Å². The zero-order valence-electron chi connectivity index (χ0n) is 10.7. The number of benzene rings is 2. The molecule has 2 aromatic carbocycles. The summed E-state index contributed by atoms with van der Waals surface area (Å²) in [5, 5.41) is 2.58. The molecule has 0 radical (unpaired) electrons. The topological polar surface area (TPSA) is 17.8 Å². The molecular formula is C17H16N2. The van der Waals surface area contributed by atoms with E-state index in [4.69, 9.17) is 0 Å². The van der Waals surface area contributed by atoms with Crippen molar-refractivity contribution in [2.75, 3.05) is 0 Å². The molecule has 0 atom stereocenters. The number of aromatic nitrogens is 2. The van der Waals surface area contributed by atoms with Crippen LogP contribution in [-0.2, 0) is 6.54 Å². The molecule has 0 amide bonds. The first-order valence-electron chi connectivity index (χ1n) is 6.53. The Kier molecular flexibility index (Phi) is 3.41. The van der Waals surface area contributed by atoms with E-state index < -0.39 is 0 Å². The number of imidazole rings is 1. The van der Waals surface area contributed by atoms with Gasteiger partial charge in [0, 0.05) is 18.9 Å². The van der Waals surface area contributed by atoms with Crippen molar-refractivity contribution in [3.05, 3.63) is 72.8 Å². The van der Waals surface area contributed by atoms with Crippen LogP contribution in [0.1, 0.15) is 12.0 Å². The van der Waals surface area contributed by atoms with Gasteiger partial charge in [-0.2, -0.15) is 0 Å². The molecule has 0 unspecified atom stereocenters. The maximum Gasteiger partial charge on any atom is 0.0946 e. The fourth-order valence-corrected chi connectivity index (χ4v) is 2.17. The number of aryl methyl sites for hydroxylation is 1. The number of hydrogen-bond donors (Lipinski definition) is 0. The lowest BCUT2D eigenvalue weighted by molar-refractivity contribution is 0.710. The summed E-state index contributed by atoms with van der Waals surface area (Å²) in [6.07, 6.45) is 11.1. The Morgan fingerprint density at radius 1 is 1.05 bits per heavy atom. The van der Waals surface area contributed by atoms with Gasteiger partial charge in [-0.05, 0) is 28.8 Å². The molecule has 2 nitrogen and oxygen atoms in total. The molecule has 0 saturated carbocycles. The quantitative estimate of drug-likeness (QED) is 0.678. The van der Waals surface area contributed by atoms with Gasteiger partial charge in [0.25, 0.3) is 0 Å². The van der Waals surface area contributed by atoms with Crippen molar-refractivity contribution >= 4 is 16.8 Å². The van der Waals surface area contributed by atoms with Gasteiger partial charge in [-0.15, -0.1) is 0 Å². The minimum Gasteiger partial charge on any atom is -0.337 e. The van der Waals surface area contributed by atoms with Crippen LogP contribution >= 0.6 is 0 Å². The van der Waals surface area contributed by atoms with E-state index in [1.807, 2.05) is 18.7 Å². The Morgan fingerprint density at radius 3 is 2.79 bits per heavy atom.